The van der Waals surface area contributed by atoms with Crippen molar-refractivity contribution in [1.82, 2.24) is 4.31 Å². The number of hydrogen-bond acceptors (Lipinski definition) is 8. The minimum absolute atomic E-state index is 0.0129. The van der Waals surface area contributed by atoms with Crippen molar-refractivity contribution in [1.29, 1.82) is 0 Å². The zero-order chi connectivity index (χ0) is 39.8. The van der Waals surface area contributed by atoms with E-state index in [2.05, 4.69) is 5.32 Å². The van der Waals surface area contributed by atoms with Crippen LogP contribution in [-0.2, 0) is 51.7 Å². The number of thiophene rings is 1. The Hall–Kier alpha value is -4.69. The van der Waals surface area contributed by atoms with E-state index in [0.29, 0.717) is 41.8 Å². The first-order valence-electron chi connectivity index (χ1n) is 19.2. The number of carboxylic acids is 2. The van der Waals surface area contributed by atoms with E-state index in [1.807, 2.05) is 36.4 Å². The van der Waals surface area contributed by atoms with Crippen LogP contribution in [0.5, 0.6) is 0 Å². The number of aliphatic carboxylic acids is 1. The molecule has 13 heteroatoms. The van der Waals surface area contributed by atoms with Crippen LogP contribution in [0.25, 0.3) is 0 Å². The molecule has 0 atom stereocenters. The Morgan fingerprint density at radius 1 is 0.857 bits per heavy atom. The number of aryl methyl sites for hydroxylation is 3. The van der Waals surface area contributed by atoms with E-state index < -0.39 is 27.9 Å². The number of aromatic carboxylic acids is 1. The number of ketones is 1. The molecule has 3 aromatic carbocycles. The van der Waals surface area contributed by atoms with E-state index in [-0.39, 0.29) is 53.3 Å². The summed E-state index contributed by atoms with van der Waals surface area (Å²) >= 11 is 1.49. The van der Waals surface area contributed by atoms with Crippen molar-refractivity contribution in [2.45, 2.75) is 88.0 Å². The summed E-state index contributed by atoms with van der Waals surface area (Å²) in [7, 11) is -2.55. The Balaban J connectivity index is 1.14. The number of carbonyl (C=O) groups is 4. The van der Waals surface area contributed by atoms with Gasteiger partial charge >= 0.3 is 11.9 Å². The number of fused-ring (bicyclic) bond motifs is 1. The maximum atomic E-state index is 14.1. The number of methoxy groups -OCH3 is 1. The first-order chi connectivity index (χ1) is 26.9. The number of ether oxygens (including phenoxy) is 1. The number of benzene rings is 3. The van der Waals surface area contributed by atoms with E-state index in [9.17, 15) is 32.7 Å². The molecule has 2 aliphatic rings. The molecule has 56 heavy (non-hydrogen) atoms. The Bertz CT molecular complexity index is 2150. The average molecular weight is 801 g/mol. The number of sulfonamides is 1. The fraction of sp³-hybridized carbons (Fsp3) is 0.395. The average Bonchev–Trinajstić information content (AvgIpc) is 3.57. The number of rotatable bonds is 17. The molecule has 1 amide bonds. The third-order valence-electron chi connectivity index (χ3n) is 10.9. The van der Waals surface area contributed by atoms with Crippen molar-refractivity contribution in [3.05, 3.63) is 116 Å². The Kier molecular flexibility index (Phi) is 13.5. The number of carboxylic acid groups (broad SMARTS) is 2. The Morgan fingerprint density at radius 3 is 2.16 bits per heavy atom. The number of anilines is 1. The molecular formula is C43H48N2O9S2. The van der Waals surface area contributed by atoms with Crippen LogP contribution < -0.4 is 5.32 Å². The summed E-state index contributed by atoms with van der Waals surface area (Å²) in [5.41, 5.74) is 4.84. The van der Waals surface area contributed by atoms with Gasteiger partial charge in [-0.05, 0) is 124 Å². The van der Waals surface area contributed by atoms with E-state index in [1.165, 1.54) is 34.9 Å². The van der Waals surface area contributed by atoms with Crippen molar-refractivity contribution in [2.75, 3.05) is 25.6 Å². The number of amides is 1. The van der Waals surface area contributed by atoms with Gasteiger partial charge in [0.2, 0.25) is 10.0 Å². The number of hydrogen-bond donors (Lipinski definition) is 3. The highest BCUT2D eigenvalue weighted by atomic mass is 32.2. The molecule has 1 fully saturated rings. The minimum Gasteiger partial charge on any atom is -0.481 e. The van der Waals surface area contributed by atoms with Gasteiger partial charge in [-0.15, -0.1) is 11.3 Å². The first kappa shape index (κ1) is 41.0. The molecule has 6 rings (SSSR count). The monoisotopic (exact) mass is 800 g/mol. The molecule has 0 unspecified atom stereocenters. The molecule has 2 aliphatic carbocycles. The van der Waals surface area contributed by atoms with Crippen molar-refractivity contribution < 1.29 is 42.5 Å². The molecule has 3 N–H and O–H groups in total. The summed E-state index contributed by atoms with van der Waals surface area (Å²) in [5.74, 6) is -2.86. The fourth-order valence-electron chi connectivity index (χ4n) is 7.77. The summed E-state index contributed by atoms with van der Waals surface area (Å²) in [5, 5.41) is 21.6. The lowest BCUT2D eigenvalue weighted by Gasteiger charge is -2.35. The van der Waals surface area contributed by atoms with Gasteiger partial charge in [0.25, 0.3) is 5.91 Å². The second-order valence-corrected chi connectivity index (χ2v) is 17.7. The largest absolute Gasteiger partial charge is 0.481 e. The summed E-state index contributed by atoms with van der Waals surface area (Å²) in [6.07, 6.45) is 7.64. The van der Waals surface area contributed by atoms with Crippen LogP contribution in [0.4, 0.5) is 5.69 Å². The van der Waals surface area contributed by atoms with E-state index in [0.717, 1.165) is 66.5 Å². The molecule has 0 saturated heterocycles. The van der Waals surface area contributed by atoms with E-state index >= 15 is 0 Å². The lowest BCUT2D eigenvalue weighted by atomic mass is 9.86. The van der Waals surface area contributed by atoms with Crippen LogP contribution in [0.15, 0.2) is 77.7 Å². The van der Waals surface area contributed by atoms with Crippen LogP contribution in [0, 0.1) is 5.92 Å². The molecule has 0 bridgehead atoms. The van der Waals surface area contributed by atoms with E-state index in [1.54, 1.807) is 24.3 Å². The topological polar surface area (TPSA) is 167 Å². The Labute approximate surface area is 331 Å². The number of Topliss-reactive ketones (excluding diaryl/α,β-unsaturated/α-hetero) is 1. The predicted octanol–water partition coefficient (Wildman–Crippen LogP) is 7.46. The molecule has 0 spiro atoms. The number of nitrogens with zero attached hydrogens (tertiary/aromatic N) is 1. The van der Waals surface area contributed by atoms with Crippen molar-refractivity contribution in [3.63, 3.8) is 0 Å². The van der Waals surface area contributed by atoms with Gasteiger partial charge in [-0.25, -0.2) is 13.2 Å². The second-order valence-electron chi connectivity index (χ2n) is 14.6. The zero-order valence-electron chi connectivity index (χ0n) is 31.5. The molecule has 0 radical (unpaired) electrons. The van der Waals surface area contributed by atoms with Crippen LogP contribution in [0.1, 0.15) is 102 Å². The number of nitrogens with one attached hydrogen (secondary N) is 1. The lowest BCUT2D eigenvalue weighted by molar-refractivity contribution is -0.143. The molecule has 296 valence electrons. The van der Waals surface area contributed by atoms with Gasteiger partial charge in [0.05, 0.1) is 28.5 Å². The van der Waals surface area contributed by atoms with Crippen LogP contribution in [0.3, 0.4) is 0 Å². The molecular weight excluding hydrogens is 753 g/mol. The summed E-state index contributed by atoms with van der Waals surface area (Å²) in [6.45, 7) is 0.275. The van der Waals surface area contributed by atoms with Crippen LogP contribution in [0.2, 0.25) is 0 Å². The Morgan fingerprint density at radius 2 is 1.52 bits per heavy atom. The summed E-state index contributed by atoms with van der Waals surface area (Å²) < 4.78 is 34.8. The third-order valence-corrected chi connectivity index (χ3v) is 14.1. The van der Waals surface area contributed by atoms with Crippen LogP contribution in [-0.4, -0.2) is 72.9 Å². The molecule has 1 saturated carbocycles. The maximum absolute atomic E-state index is 14.1. The van der Waals surface area contributed by atoms with Crippen molar-refractivity contribution >= 4 is 50.7 Å². The molecule has 1 aromatic heterocycles. The van der Waals surface area contributed by atoms with Crippen LogP contribution >= 0.6 is 11.3 Å². The van der Waals surface area contributed by atoms with Gasteiger partial charge in [0.1, 0.15) is 0 Å². The summed E-state index contributed by atoms with van der Waals surface area (Å²) in [6, 6.07) is 20.3. The minimum atomic E-state index is -4.05. The fourth-order valence-corrected chi connectivity index (χ4v) is 10.9. The lowest BCUT2D eigenvalue weighted by Crippen LogP contribution is -2.44. The highest BCUT2D eigenvalue weighted by Crippen LogP contribution is 2.36. The normalized spacial score (nSPS) is 17.0. The SMILES string of the molecule is COCCN(C1CCC(C(=O)O)CC1)S(=O)(=O)c1cccc(C(=O)Cc2sc3c(c2C(=O)Nc2ccc(CCCc4ccc(C(=O)O)cc4)cc2)CCCC3)c1. The highest BCUT2D eigenvalue weighted by molar-refractivity contribution is 7.89. The highest BCUT2D eigenvalue weighted by Gasteiger charge is 2.36. The molecule has 11 nitrogen and oxygen atoms in total. The maximum Gasteiger partial charge on any atom is 0.335 e. The second kappa shape index (κ2) is 18.5. The van der Waals surface area contributed by atoms with Gasteiger partial charge in [-0.1, -0.05) is 36.4 Å². The van der Waals surface area contributed by atoms with Gasteiger partial charge in [0.15, 0.2) is 5.78 Å². The molecule has 0 aliphatic heterocycles. The molecule has 1 heterocycles. The molecule has 4 aromatic rings. The van der Waals surface area contributed by atoms with Crippen molar-refractivity contribution in [3.8, 4) is 0 Å². The first-order valence-corrected chi connectivity index (χ1v) is 21.4. The van der Waals surface area contributed by atoms with Gasteiger partial charge in [0, 0.05) is 47.1 Å². The third kappa shape index (κ3) is 9.81. The quantitative estimate of drug-likeness (QED) is 0.0919. The standard InChI is InChI=1S/C43H48N2O9S2/c1-54-25-24-45(34-22-18-31(19-23-34)43(50)51)56(52,53)35-9-5-8-32(26-35)37(46)27-39-40(36-10-2-3-11-38(36)55-39)41(47)44-33-20-14-29(15-21-33)7-4-6-28-12-16-30(17-13-28)42(48)49/h5,8-9,12-17,20-21,26,31,34H,2-4,6-7,10-11,18-19,22-25,27H2,1H3,(H,44,47)(H,48,49)(H,50,51). The number of carbonyl (C=O) groups excluding carboxylic acids is 2. The predicted molar refractivity (Wildman–Crippen MR) is 214 cm³/mol. The summed E-state index contributed by atoms with van der Waals surface area (Å²) in [4.78, 5) is 52.3. The van der Waals surface area contributed by atoms with Gasteiger partial charge < -0.3 is 20.3 Å². The van der Waals surface area contributed by atoms with E-state index in [4.69, 9.17) is 9.84 Å². The van der Waals surface area contributed by atoms with Gasteiger partial charge in [-0.3, -0.25) is 14.4 Å². The zero-order valence-corrected chi connectivity index (χ0v) is 33.1. The smallest absolute Gasteiger partial charge is 0.335 e. The van der Waals surface area contributed by atoms with Gasteiger partial charge in [-0.2, -0.15) is 4.31 Å². The van der Waals surface area contributed by atoms with Crippen molar-refractivity contribution in [2.24, 2.45) is 5.92 Å².